The summed E-state index contributed by atoms with van der Waals surface area (Å²) >= 11 is 1.76. The number of amides is 1. The molecule has 1 amide bonds. The molecule has 1 unspecified atom stereocenters. The molecule has 0 aliphatic heterocycles. The number of ether oxygens (including phenoxy) is 1. The molecule has 0 saturated heterocycles. The average Bonchev–Trinajstić information content (AvgIpc) is 2.64. The molecule has 0 fully saturated rings. The highest BCUT2D eigenvalue weighted by molar-refractivity contribution is 14.0. The number of benzene rings is 1. The number of nitrogens with zero attached hydrogens (tertiary/aromatic N) is 2. The van der Waals surface area contributed by atoms with Gasteiger partial charge in [-0.05, 0) is 38.2 Å². The van der Waals surface area contributed by atoms with Crippen molar-refractivity contribution >= 4 is 47.6 Å². The zero-order valence-corrected chi connectivity index (χ0v) is 21.0. The first-order valence-electron chi connectivity index (χ1n) is 9.34. The van der Waals surface area contributed by atoms with Gasteiger partial charge >= 0.3 is 0 Å². The molecule has 28 heavy (non-hydrogen) atoms. The fraction of sp³-hybridized carbons (Fsp3) is 0.600. The van der Waals surface area contributed by atoms with Gasteiger partial charge in [0.1, 0.15) is 5.75 Å². The molecule has 0 saturated carbocycles. The Hall–Kier alpha value is -1.16. The number of thioether (sulfide) groups is 1. The summed E-state index contributed by atoms with van der Waals surface area (Å²) in [6.07, 6.45) is 3.17. The summed E-state index contributed by atoms with van der Waals surface area (Å²) in [6.45, 7) is 7.71. The van der Waals surface area contributed by atoms with Crippen molar-refractivity contribution in [2.24, 2.45) is 4.99 Å². The van der Waals surface area contributed by atoms with Crippen molar-refractivity contribution in [1.82, 2.24) is 15.5 Å². The maximum atomic E-state index is 11.9. The van der Waals surface area contributed by atoms with Crippen LogP contribution in [-0.4, -0.2) is 62.1 Å². The lowest BCUT2D eigenvalue weighted by atomic mass is 10.1. The number of likely N-dealkylation sites (N-methyl/N-ethyl adjacent to an activating group) is 1. The third kappa shape index (κ3) is 10.4. The highest BCUT2D eigenvalue weighted by Gasteiger charge is 2.09. The molecule has 0 aliphatic carbocycles. The van der Waals surface area contributed by atoms with Gasteiger partial charge in [-0.15, -0.1) is 24.0 Å². The highest BCUT2D eigenvalue weighted by Crippen LogP contribution is 2.23. The van der Waals surface area contributed by atoms with Gasteiger partial charge in [0.2, 0.25) is 5.91 Å². The zero-order valence-electron chi connectivity index (χ0n) is 17.9. The second kappa shape index (κ2) is 14.8. The molecule has 0 aromatic heterocycles. The van der Waals surface area contributed by atoms with Gasteiger partial charge in [0.15, 0.2) is 5.96 Å². The molecule has 1 aromatic rings. The fourth-order valence-electron chi connectivity index (χ4n) is 2.13. The van der Waals surface area contributed by atoms with Crippen molar-refractivity contribution in [2.75, 3.05) is 39.2 Å². The van der Waals surface area contributed by atoms with Crippen LogP contribution in [0.15, 0.2) is 23.2 Å². The van der Waals surface area contributed by atoms with Gasteiger partial charge in [-0.1, -0.05) is 19.1 Å². The lowest BCUT2D eigenvalue weighted by Gasteiger charge is -2.17. The van der Waals surface area contributed by atoms with Crippen LogP contribution in [0.4, 0.5) is 0 Å². The Morgan fingerprint density at radius 1 is 1.32 bits per heavy atom. The summed E-state index contributed by atoms with van der Waals surface area (Å²) in [6, 6.07) is 6.18. The molecule has 0 radical (unpaired) electrons. The molecule has 8 heteroatoms. The molecule has 1 atom stereocenters. The van der Waals surface area contributed by atoms with Crippen molar-refractivity contribution in [3.05, 3.63) is 29.3 Å². The summed E-state index contributed by atoms with van der Waals surface area (Å²) in [5.41, 5.74) is 2.19. The lowest BCUT2D eigenvalue weighted by Crippen LogP contribution is -2.43. The van der Waals surface area contributed by atoms with E-state index < -0.39 is 0 Å². The minimum atomic E-state index is 0. The molecule has 0 aliphatic rings. The highest BCUT2D eigenvalue weighted by atomic mass is 127. The third-order valence-corrected chi connectivity index (χ3v) is 4.65. The molecule has 2 N–H and O–H groups in total. The van der Waals surface area contributed by atoms with Crippen LogP contribution in [0.25, 0.3) is 0 Å². The first-order chi connectivity index (χ1) is 12.9. The number of guanidine groups is 1. The van der Waals surface area contributed by atoms with Crippen LogP contribution < -0.4 is 15.4 Å². The van der Waals surface area contributed by atoms with Crippen LogP contribution in [0.2, 0.25) is 0 Å². The molecule has 0 heterocycles. The first kappa shape index (κ1) is 26.8. The van der Waals surface area contributed by atoms with E-state index in [9.17, 15) is 4.79 Å². The predicted octanol–water partition coefficient (Wildman–Crippen LogP) is 3.28. The molecule has 0 spiro atoms. The van der Waals surface area contributed by atoms with Crippen LogP contribution in [0.5, 0.6) is 5.75 Å². The van der Waals surface area contributed by atoms with Gasteiger partial charge in [-0.3, -0.25) is 4.79 Å². The quantitative estimate of drug-likeness (QED) is 0.214. The van der Waals surface area contributed by atoms with E-state index in [-0.39, 0.29) is 42.5 Å². The smallest absolute Gasteiger partial charge is 0.241 e. The maximum Gasteiger partial charge on any atom is 0.241 e. The van der Waals surface area contributed by atoms with Crippen molar-refractivity contribution in [3.8, 4) is 5.75 Å². The van der Waals surface area contributed by atoms with Crippen LogP contribution in [0, 0.1) is 6.92 Å². The minimum Gasteiger partial charge on any atom is -0.490 e. The Morgan fingerprint density at radius 3 is 2.64 bits per heavy atom. The number of halogens is 1. The summed E-state index contributed by atoms with van der Waals surface area (Å²) < 4.78 is 6.06. The monoisotopic (exact) mass is 522 g/mol. The number of hydrogen-bond acceptors (Lipinski definition) is 4. The summed E-state index contributed by atoms with van der Waals surface area (Å²) in [5.74, 6) is 2.48. The molecular weight excluding hydrogens is 487 g/mol. The largest absolute Gasteiger partial charge is 0.490 e. The first-order valence-corrected chi connectivity index (χ1v) is 10.7. The number of aryl methyl sites for hydroxylation is 1. The topological polar surface area (TPSA) is 66.0 Å². The van der Waals surface area contributed by atoms with E-state index in [1.165, 1.54) is 0 Å². The van der Waals surface area contributed by atoms with Gasteiger partial charge < -0.3 is 20.3 Å². The van der Waals surface area contributed by atoms with Gasteiger partial charge in [0.05, 0.1) is 19.2 Å². The Morgan fingerprint density at radius 2 is 2.04 bits per heavy atom. The van der Waals surface area contributed by atoms with Crippen LogP contribution in [0.1, 0.15) is 31.4 Å². The maximum absolute atomic E-state index is 11.9. The van der Waals surface area contributed by atoms with Gasteiger partial charge in [0.25, 0.3) is 0 Å². The van der Waals surface area contributed by atoms with E-state index in [1.807, 2.05) is 0 Å². The van der Waals surface area contributed by atoms with Crippen molar-refractivity contribution in [1.29, 1.82) is 0 Å². The van der Waals surface area contributed by atoms with E-state index in [4.69, 9.17) is 4.74 Å². The van der Waals surface area contributed by atoms with Crippen molar-refractivity contribution in [3.63, 3.8) is 0 Å². The fourth-order valence-corrected chi connectivity index (χ4v) is 2.44. The normalized spacial score (nSPS) is 12.0. The van der Waals surface area contributed by atoms with Gasteiger partial charge in [-0.2, -0.15) is 11.8 Å². The number of aliphatic imine (C=N–C) groups is 1. The molecule has 6 nitrogen and oxygen atoms in total. The Bertz CT molecular complexity index is 626. The van der Waals surface area contributed by atoms with Gasteiger partial charge in [0, 0.05) is 32.0 Å². The SMILES string of the molecule is CCC(C)Oc1cc(C)ccc1CN=C(NCCSC)NCC(=O)N(C)C.I. The zero-order chi connectivity index (χ0) is 20.2. The number of carbonyl (C=O) groups excluding carboxylic acids is 1. The Balaban J connectivity index is 0.00000729. The Labute approximate surface area is 191 Å². The third-order valence-electron chi connectivity index (χ3n) is 4.04. The van der Waals surface area contributed by atoms with E-state index in [0.29, 0.717) is 12.5 Å². The summed E-state index contributed by atoms with van der Waals surface area (Å²) in [4.78, 5) is 18.1. The van der Waals surface area contributed by atoms with Crippen molar-refractivity contribution in [2.45, 2.75) is 39.8 Å². The molecule has 1 aromatic carbocycles. The molecule has 160 valence electrons. The average molecular weight is 522 g/mol. The second-order valence-corrected chi connectivity index (χ2v) is 7.66. The van der Waals surface area contributed by atoms with Crippen LogP contribution in [0.3, 0.4) is 0 Å². The summed E-state index contributed by atoms with van der Waals surface area (Å²) in [7, 11) is 3.49. The minimum absolute atomic E-state index is 0. The predicted molar refractivity (Wildman–Crippen MR) is 131 cm³/mol. The van der Waals surface area contributed by atoms with E-state index in [2.05, 4.69) is 60.9 Å². The number of nitrogens with one attached hydrogen (secondary N) is 2. The van der Waals surface area contributed by atoms with E-state index in [1.54, 1.807) is 30.8 Å². The second-order valence-electron chi connectivity index (χ2n) is 6.67. The van der Waals surface area contributed by atoms with E-state index in [0.717, 1.165) is 35.6 Å². The van der Waals surface area contributed by atoms with Crippen molar-refractivity contribution < 1.29 is 9.53 Å². The standard InChI is InChI=1S/C20H34N4O2S.HI/c1-7-16(3)26-18-12-15(2)8-9-17(18)13-22-20(21-10-11-27-6)23-14-19(25)24(4)5;/h8-9,12,16H,7,10-11,13-14H2,1-6H3,(H2,21,22,23);1H. The van der Waals surface area contributed by atoms with E-state index >= 15 is 0 Å². The summed E-state index contributed by atoms with van der Waals surface area (Å²) in [5, 5.41) is 6.38. The number of rotatable bonds is 10. The molecular formula is C20H35IN4O2S. The molecule has 1 rings (SSSR count). The number of carbonyl (C=O) groups is 1. The van der Waals surface area contributed by atoms with Crippen LogP contribution in [-0.2, 0) is 11.3 Å². The lowest BCUT2D eigenvalue weighted by molar-refractivity contribution is -0.127. The molecule has 0 bridgehead atoms. The Kier molecular flexibility index (Phi) is 14.2. The number of hydrogen-bond donors (Lipinski definition) is 2. The van der Waals surface area contributed by atoms with Crippen LogP contribution >= 0.6 is 35.7 Å². The van der Waals surface area contributed by atoms with Gasteiger partial charge in [-0.25, -0.2) is 4.99 Å².